The summed E-state index contributed by atoms with van der Waals surface area (Å²) in [6.07, 6.45) is 1.73. The third kappa shape index (κ3) is 2.65. The van der Waals surface area contributed by atoms with E-state index in [9.17, 15) is 4.79 Å². The van der Waals surface area contributed by atoms with E-state index < -0.39 is 0 Å². The van der Waals surface area contributed by atoms with E-state index in [1.165, 1.54) is 0 Å². The van der Waals surface area contributed by atoms with E-state index in [4.69, 9.17) is 4.42 Å². The smallest absolute Gasteiger partial charge is 0.276 e. The summed E-state index contributed by atoms with van der Waals surface area (Å²) < 4.78 is 7.35. The highest BCUT2D eigenvalue weighted by Crippen LogP contribution is 2.26. The van der Waals surface area contributed by atoms with Gasteiger partial charge >= 0.3 is 0 Å². The molecule has 4 aromatic rings. The summed E-state index contributed by atoms with van der Waals surface area (Å²) in [6.45, 7) is 0. The highest BCUT2D eigenvalue weighted by molar-refractivity contribution is 6.03. The Morgan fingerprint density at radius 1 is 1.12 bits per heavy atom. The number of aromatic nitrogens is 3. The summed E-state index contributed by atoms with van der Waals surface area (Å²) >= 11 is 0. The zero-order chi connectivity index (χ0) is 16.5. The fourth-order valence-electron chi connectivity index (χ4n) is 2.46. The topological polar surface area (TPSA) is 73.0 Å². The number of rotatable bonds is 3. The van der Waals surface area contributed by atoms with Crippen LogP contribution in [0.2, 0.25) is 0 Å². The lowest BCUT2D eigenvalue weighted by Crippen LogP contribution is -2.13. The van der Waals surface area contributed by atoms with Crippen molar-refractivity contribution in [2.45, 2.75) is 0 Å². The summed E-state index contributed by atoms with van der Waals surface area (Å²) in [7, 11) is 1.77. The molecule has 0 saturated heterocycles. The van der Waals surface area contributed by atoms with Crippen molar-refractivity contribution in [2.75, 3.05) is 5.32 Å². The predicted octanol–water partition coefficient (Wildman–Crippen LogP) is 3.48. The van der Waals surface area contributed by atoms with Crippen molar-refractivity contribution < 1.29 is 9.21 Å². The second kappa shape index (κ2) is 5.66. The number of para-hydroxylation sites is 2. The molecule has 0 aliphatic heterocycles. The molecule has 4 rings (SSSR count). The van der Waals surface area contributed by atoms with Crippen LogP contribution in [0.4, 0.5) is 5.69 Å². The molecule has 2 aromatic heterocycles. The maximum Gasteiger partial charge on any atom is 0.276 e. The zero-order valence-electron chi connectivity index (χ0n) is 12.9. The molecule has 0 spiro atoms. The molecule has 2 heterocycles. The van der Waals surface area contributed by atoms with Gasteiger partial charge in [0.1, 0.15) is 5.52 Å². The number of carbonyl (C=O) groups is 1. The molecule has 6 heteroatoms. The highest BCUT2D eigenvalue weighted by atomic mass is 16.3. The van der Waals surface area contributed by atoms with Gasteiger partial charge in [-0.05, 0) is 36.4 Å². The van der Waals surface area contributed by atoms with Crippen LogP contribution >= 0.6 is 0 Å². The Morgan fingerprint density at radius 2 is 2.00 bits per heavy atom. The monoisotopic (exact) mass is 318 g/mol. The van der Waals surface area contributed by atoms with Gasteiger partial charge in [-0.2, -0.15) is 5.10 Å². The van der Waals surface area contributed by atoms with Gasteiger partial charge in [-0.3, -0.25) is 9.48 Å². The number of hydrogen-bond donors (Lipinski definition) is 1. The molecule has 0 radical (unpaired) electrons. The molecule has 0 unspecified atom stereocenters. The maximum atomic E-state index is 12.2. The van der Waals surface area contributed by atoms with Crippen molar-refractivity contribution in [1.82, 2.24) is 14.8 Å². The van der Waals surface area contributed by atoms with Crippen molar-refractivity contribution in [2.24, 2.45) is 7.05 Å². The van der Waals surface area contributed by atoms with E-state index in [0.29, 0.717) is 17.3 Å². The largest absolute Gasteiger partial charge is 0.436 e. The van der Waals surface area contributed by atoms with Gasteiger partial charge in [0.2, 0.25) is 5.89 Å². The van der Waals surface area contributed by atoms with Crippen LogP contribution < -0.4 is 5.32 Å². The third-order valence-corrected chi connectivity index (χ3v) is 3.61. The standard InChI is InChI=1S/C18H14N4O2/c1-22-10-9-15(21-22)17(23)19-13-6-4-5-12(11-13)18-20-14-7-2-3-8-16(14)24-18/h2-11H,1H3,(H,19,23). The summed E-state index contributed by atoms with van der Waals surface area (Å²) in [5.74, 6) is 0.260. The number of anilines is 1. The summed E-state index contributed by atoms with van der Waals surface area (Å²) in [4.78, 5) is 16.7. The number of nitrogens with zero attached hydrogens (tertiary/aromatic N) is 3. The fraction of sp³-hybridized carbons (Fsp3) is 0.0556. The number of fused-ring (bicyclic) bond motifs is 1. The van der Waals surface area contributed by atoms with Gasteiger partial charge in [0.05, 0.1) is 0 Å². The Labute approximate surface area is 137 Å². The van der Waals surface area contributed by atoms with E-state index in [1.807, 2.05) is 48.5 Å². The molecule has 0 bridgehead atoms. The average Bonchev–Trinajstić information content (AvgIpc) is 3.21. The quantitative estimate of drug-likeness (QED) is 0.627. The van der Waals surface area contributed by atoms with E-state index in [1.54, 1.807) is 24.0 Å². The van der Waals surface area contributed by atoms with Crippen LogP contribution in [0, 0.1) is 0 Å². The van der Waals surface area contributed by atoms with Crippen LogP contribution in [-0.2, 0) is 7.05 Å². The van der Waals surface area contributed by atoms with E-state index >= 15 is 0 Å². The van der Waals surface area contributed by atoms with Crippen LogP contribution in [-0.4, -0.2) is 20.7 Å². The molecule has 2 aromatic carbocycles. The molecule has 0 atom stereocenters. The lowest BCUT2D eigenvalue weighted by Gasteiger charge is -2.04. The van der Waals surface area contributed by atoms with Crippen molar-refractivity contribution in [1.29, 1.82) is 0 Å². The molecule has 0 aliphatic carbocycles. The van der Waals surface area contributed by atoms with Gasteiger partial charge in [-0.25, -0.2) is 4.98 Å². The first-order valence-corrected chi connectivity index (χ1v) is 7.46. The van der Waals surface area contributed by atoms with Gasteiger partial charge in [0, 0.05) is 24.5 Å². The normalized spacial score (nSPS) is 10.9. The SMILES string of the molecule is Cn1ccc(C(=O)Nc2cccc(-c3nc4ccccc4o3)c2)n1. The second-order valence-electron chi connectivity index (χ2n) is 5.40. The minimum atomic E-state index is -0.259. The minimum Gasteiger partial charge on any atom is -0.436 e. The molecule has 118 valence electrons. The summed E-state index contributed by atoms with van der Waals surface area (Å²) in [5.41, 5.74) is 3.35. The van der Waals surface area contributed by atoms with Crippen LogP contribution in [0.1, 0.15) is 10.5 Å². The molecule has 1 amide bonds. The van der Waals surface area contributed by atoms with Crippen molar-refractivity contribution in [3.8, 4) is 11.5 Å². The van der Waals surface area contributed by atoms with Gasteiger partial charge in [-0.15, -0.1) is 0 Å². The fourth-order valence-corrected chi connectivity index (χ4v) is 2.46. The van der Waals surface area contributed by atoms with Crippen LogP contribution in [0.5, 0.6) is 0 Å². The van der Waals surface area contributed by atoms with Gasteiger partial charge in [0.15, 0.2) is 11.3 Å². The number of carbonyl (C=O) groups excluding carboxylic acids is 1. The van der Waals surface area contributed by atoms with Crippen molar-refractivity contribution >= 4 is 22.7 Å². The molecule has 6 nitrogen and oxygen atoms in total. The Morgan fingerprint density at radius 3 is 2.79 bits per heavy atom. The van der Waals surface area contributed by atoms with Crippen LogP contribution in [0.3, 0.4) is 0 Å². The van der Waals surface area contributed by atoms with Crippen molar-refractivity contribution in [3.05, 3.63) is 66.5 Å². The van der Waals surface area contributed by atoms with Crippen molar-refractivity contribution in [3.63, 3.8) is 0 Å². The first-order chi connectivity index (χ1) is 11.7. The molecule has 1 N–H and O–H groups in total. The lowest BCUT2D eigenvalue weighted by molar-refractivity contribution is 0.102. The number of oxazole rings is 1. The highest BCUT2D eigenvalue weighted by Gasteiger charge is 2.11. The molecule has 0 saturated carbocycles. The lowest BCUT2D eigenvalue weighted by atomic mass is 10.2. The predicted molar refractivity (Wildman–Crippen MR) is 90.6 cm³/mol. The second-order valence-corrected chi connectivity index (χ2v) is 5.40. The molecular weight excluding hydrogens is 304 g/mol. The zero-order valence-corrected chi connectivity index (χ0v) is 12.9. The Balaban J connectivity index is 1.62. The number of nitrogens with one attached hydrogen (secondary N) is 1. The van der Waals surface area contributed by atoms with E-state index in [-0.39, 0.29) is 5.91 Å². The molecular formula is C18H14N4O2. The number of aryl methyl sites for hydroxylation is 1. The average molecular weight is 318 g/mol. The first-order valence-electron chi connectivity index (χ1n) is 7.46. The molecule has 0 fully saturated rings. The van der Waals surface area contributed by atoms with Gasteiger partial charge in [0.25, 0.3) is 5.91 Å². The number of benzene rings is 2. The maximum absolute atomic E-state index is 12.2. The Bertz CT molecular complexity index is 999. The van der Waals surface area contributed by atoms with Gasteiger partial charge < -0.3 is 9.73 Å². The molecule has 24 heavy (non-hydrogen) atoms. The van der Waals surface area contributed by atoms with Crippen LogP contribution in [0.25, 0.3) is 22.6 Å². The summed E-state index contributed by atoms with van der Waals surface area (Å²) in [5, 5.41) is 6.92. The first kappa shape index (κ1) is 14.2. The molecule has 0 aliphatic rings. The minimum absolute atomic E-state index is 0.259. The Kier molecular flexibility index (Phi) is 3.35. The van der Waals surface area contributed by atoms with E-state index in [2.05, 4.69) is 15.4 Å². The summed E-state index contributed by atoms with van der Waals surface area (Å²) in [6, 6.07) is 16.6. The van der Waals surface area contributed by atoms with E-state index in [0.717, 1.165) is 16.7 Å². The Hall–Kier alpha value is -3.41. The number of hydrogen-bond acceptors (Lipinski definition) is 4. The number of amides is 1. The van der Waals surface area contributed by atoms with Gasteiger partial charge in [-0.1, -0.05) is 18.2 Å². The third-order valence-electron chi connectivity index (χ3n) is 3.61. The van der Waals surface area contributed by atoms with Crippen LogP contribution in [0.15, 0.2) is 65.2 Å².